The first-order valence-corrected chi connectivity index (χ1v) is 8.82. The van der Waals surface area contributed by atoms with E-state index in [4.69, 9.17) is 10.2 Å². The van der Waals surface area contributed by atoms with Crippen LogP contribution in [0.1, 0.15) is 17.5 Å². The summed E-state index contributed by atoms with van der Waals surface area (Å²) in [5, 5.41) is 18.7. The van der Waals surface area contributed by atoms with Crippen LogP contribution < -0.4 is 0 Å². The molecule has 2 aliphatic carbocycles. The first-order valence-electron chi connectivity index (χ1n) is 8.82. The number of benzene rings is 2. The van der Waals surface area contributed by atoms with Gasteiger partial charge in [0.05, 0.1) is 12.1 Å². The Morgan fingerprint density at radius 2 is 1.25 bits per heavy atom. The van der Waals surface area contributed by atoms with Crippen LogP contribution in [0.3, 0.4) is 0 Å². The van der Waals surface area contributed by atoms with Crippen molar-refractivity contribution in [3.05, 3.63) is 71.8 Å². The van der Waals surface area contributed by atoms with Crippen LogP contribution in [0.2, 0.25) is 0 Å². The average Bonchev–Trinajstić information content (AvgIpc) is 3.23. The summed E-state index contributed by atoms with van der Waals surface area (Å²) in [6, 6.07) is 22.6. The number of hydrogen-bond acceptors (Lipinski definition) is 4. The second-order valence-corrected chi connectivity index (χ2v) is 7.51. The minimum Gasteiger partial charge on any atom is -0.189 e. The van der Waals surface area contributed by atoms with E-state index in [2.05, 4.69) is 70.9 Å². The smallest absolute Gasteiger partial charge is 0.137 e. The molecule has 2 unspecified atom stereocenters. The van der Waals surface area contributed by atoms with Crippen molar-refractivity contribution >= 4 is 0 Å². The topological polar surface area (TPSA) is 49.4 Å². The highest BCUT2D eigenvalue weighted by molar-refractivity contribution is 5.43. The maximum atomic E-state index is 4.97. The van der Waals surface area contributed by atoms with Gasteiger partial charge in [0.15, 0.2) is 0 Å². The minimum absolute atomic E-state index is 0.302. The van der Waals surface area contributed by atoms with Gasteiger partial charge in [-0.15, -0.1) is 0 Å². The van der Waals surface area contributed by atoms with Gasteiger partial charge >= 0.3 is 0 Å². The first kappa shape index (κ1) is 13.0. The Kier molecular flexibility index (Phi) is 2.37. The summed E-state index contributed by atoms with van der Waals surface area (Å²) in [7, 11) is 0. The summed E-state index contributed by atoms with van der Waals surface area (Å²) in [6.07, 6.45) is 1.21. The third-order valence-electron chi connectivity index (χ3n) is 6.63. The van der Waals surface area contributed by atoms with Crippen LogP contribution in [0.15, 0.2) is 81.1 Å². The van der Waals surface area contributed by atoms with Crippen molar-refractivity contribution in [2.45, 2.75) is 30.1 Å². The van der Waals surface area contributed by atoms with E-state index in [1.807, 2.05) is 0 Å². The van der Waals surface area contributed by atoms with E-state index in [-0.39, 0.29) is 5.54 Å². The largest absolute Gasteiger partial charge is 0.189 e. The zero-order valence-corrected chi connectivity index (χ0v) is 13.2. The Morgan fingerprint density at radius 1 is 0.667 bits per heavy atom. The molecule has 4 heteroatoms. The second-order valence-electron chi connectivity index (χ2n) is 7.51. The van der Waals surface area contributed by atoms with E-state index in [1.54, 1.807) is 0 Å². The molecule has 2 fully saturated rings. The van der Waals surface area contributed by atoms with Gasteiger partial charge in [-0.2, -0.15) is 20.5 Å². The number of hydrogen-bond donors (Lipinski definition) is 0. The molecule has 2 aromatic rings. The van der Waals surface area contributed by atoms with Gasteiger partial charge in [0.2, 0.25) is 0 Å². The second kappa shape index (κ2) is 4.38. The van der Waals surface area contributed by atoms with Crippen molar-refractivity contribution in [3.63, 3.8) is 0 Å². The predicted molar refractivity (Wildman–Crippen MR) is 89.8 cm³/mol. The Balaban J connectivity index is 1.57. The van der Waals surface area contributed by atoms with Crippen LogP contribution >= 0.6 is 0 Å². The molecule has 24 heavy (non-hydrogen) atoms. The van der Waals surface area contributed by atoms with E-state index in [0.717, 1.165) is 0 Å². The molecule has 0 N–H and O–H groups in total. The fraction of sp³-hybridized carbons (Fsp3) is 0.400. The van der Waals surface area contributed by atoms with Crippen molar-refractivity contribution in [2.75, 3.05) is 0 Å². The molecular formula is C20H18N4. The average molecular weight is 314 g/mol. The number of fused-ring (bicyclic) bond motifs is 8. The van der Waals surface area contributed by atoms with E-state index >= 15 is 0 Å². The number of rotatable bonds is 2. The van der Waals surface area contributed by atoms with Gasteiger partial charge in [-0.25, -0.2) is 0 Å². The maximum Gasteiger partial charge on any atom is 0.137 e. The zero-order valence-electron chi connectivity index (χ0n) is 13.2. The fourth-order valence-corrected chi connectivity index (χ4v) is 5.70. The lowest BCUT2D eigenvalue weighted by Gasteiger charge is -2.42. The Bertz CT molecular complexity index is 805. The van der Waals surface area contributed by atoms with E-state index in [0.29, 0.717) is 35.9 Å². The molecule has 0 spiro atoms. The summed E-state index contributed by atoms with van der Waals surface area (Å²) >= 11 is 0. The standard InChI is InChI=1S/C20H18N4/c1-3-7-12(8-4-1)20(13-9-5-2-6-10-13)16-14-11-15(17(16)23-24-20)19-18(14)21-22-19/h1-10,14-19H,11H2/t14-,15+,16?,17?,18-,19+/m0/s1. The highest BCUT2D eigenvalue weighted by atomic mass is 15.3. The Morgan fingerprint density at radius 3 is 1.83 bits per heavy atom. The summed E-state index contributed by atoms with van der Waals surface area (Å²) in [5.74, 6) is 1.51. The molecule has 0 radical (unpaired) electrons. The van der Waals surface area contributed by atoms with Crippen LogP contribution in [0, 0.1) is 17.8 Å². The predicted octanol–water partition coefficient (Wildman–Crippen LogP) is 4.23. The van der Waals surface area contributed by atoms with Gasteiger partial charge in [-0.3, -0.25) is 0 Å². The molecule has 4 aliphatic rings. The number of azo groups is 2. The summed E-state index contributed by atoms with van der Waals surface area (Å²) < 4.78 is 0. The third-order valence-corrected chi connectivity index (χ3v) is 6.63. The molecule has 6 rings (SSSR count). The van der Waals surface area contributed by atoms with Crippen LogP contribution in [-0.4, -0.2) is 18.1 Å². The van der Waals surface area contributed by atoms with Gasteiger partial charge in [0.1, 0.15) is 11.6 Å². The van der Waals surface area contributed by atoms with Crippen LogP contribution in [-0.2, 0) is 5.54 Å². The van der Waals surface area contributed by atoms with Gasteiger partial charge in [0.25, 0.3) is 0 Å². The monoisotopic (exact) mass is 314 g/mol. The summed E-state index contributed by atoms with van der Waals surface area (Å²) in [6.45, 7) is 0. The third kappa shape index (κ3) is 1.37. The molecule has 6 atom stereocenters. The SMILES string of the molecule is c1ccc(C2(c3ccccc3)N=NC3C2[C@@H]2C[C@H]3[C@H]3N=N[C@H]32)cc1. The molecule has 2 bridgehead atoms. The van der Waals surface area contributed by atoms with Crippen molar-refractivity contribution in [1.29, 1.82) is 0 Å². The van der Waals surface area contributed by atoms with Gasteiger partial charge in [-0.05, 0) is 23.5 Å². The molecule has 0 aromatic heterocycles. The minimum atomic E-state index is -0.358. The Hall–Kier alpha value is -2.36. The molecule has 2 aromatic carbocycles. The van der Waals surface area contributed by atoms with Crippen LogP contribution in [0.25, 0.3) is 0 Å². The Labute approximate surface area is 140 Å². The summed E-state index contributed by atoms with van der Waals surface area (Å²) in [5.41, 5.74) is 2.16. The van der Waals surface area contributed by atoms with Crippen LogP contribution in [0.5, 0.6) is 0 Å². The maximum absolute atomic E-state index is 4.97. The molecule has 0 amide bonds. The molecule has 2 saturated carbocycles. The highest BCUT2D eigenvalue weighted by Gasteiger charge is 2.69. The molecule has 2 aliphatic heterocycles. The van der Waals surface area contributed by atoms with Gasteiger partial charge < -0.3 is 0 Å². The highest BCUT2D eigenvalue weighted by Crippen LogP contribution is 2.65. The fourth-order valence-electron chi connectivity index (χ4n) is 5.70. The summed E-state index contributed by atoms with van der Waals surface area (Å²) in [4.78, 5) is 0. The molecular weight excluding hydrogens is 296 g/mol. The lowest BCUT2D eigenvalue weighted by molar-refractivity contribution is 0.162. The van der Waals surface area contributed by atoms with E-state index in [9.17, 15) is 0 Å². The number of nitrogens with zero attached hydrogens (tertiary/aromatic N) is 4. The molecule has 2 heterocycles. The van der Waals surface area contributed by atoms with Crippen molar-refractivity contribution < 1.29 is 0 Å². The normalized spacial score (nSPS) is 39.5. The first-order chi connectivity index (χ1) is 11.9. The van der Waals surface area contributed by atoms with Crippen LogP contribution in [0.4, 0.5) is 0 Å². The van der Waals surface area contributed by atoms with Crippen molar-refractivity contribution in [1.82, 2.24) is 0 Å². The van der Waals surface area contributed by atoms with Crippen molar-refractivity contribution in [2.24, 2.45) is 38.2 Å². The van der Waals surface area contributed by atoms with Gasteiger partial charge in [-0.1, -0.05) is 60.7 Å². The lowest BCUT2D eigenvalue weighted by Crippen LogP contribution is -2.50. The van der Waals surface area contributed by atoms with E-state index < -0.39 is 0 Å². The van der Waals surface area contributed by atoms with Crippen molar-refractivity contribution in [3.8, 4) is 0 Å². The molecule has 0 saturated heterocycles. The molecule has 118 valence electrons. The quantitative estimate of drug-likeness (QED) is 0.796. The van der Waals surface area contributed by atoms with E-state index in [1.165, 1.54) is 17.5 Å². The molecule has 4 nitrogen and oxygen atoms in total. The lowest BCUT2D eigenvalue weighted by atomic mass is 9.64. The van der Waals surface area contributed by atoms with Gasteiger partial charge in [0, 0.05) is 11.8 Å². The zero-order chi connectivity index (χ0) is 15.7.